The van der Waals surface area contributed by atoms with E-state index in [2.05, 4.69) is 47.0 Å². The number of fused-ring (bicyclic) bond motifs is 1. The Hall–Kier alpha value is -3.38. The average molecular weight is 520 g/mol. The number of anilines is 1. The van der Waals surface area contributed by atoms with Gasteiger partial charge in [0.1, 0.15) is 11.6 Å². The lowest BCUT2D eigenvalue weighted by Crippen LogP contribution is -2.44. The number of hydrogen-bond acceptors (Lipinski definition) is 7. The number of aliphatic hydroxyl groups excluding tert-OH is 2. The van der Waals surface area contributed by atoms with Gasteiger partial charge in [-0.05, 0) is 55.1 Å². The summed E-state index contributed by atoms with van der Waals surface area (Å²) >= 11 is 0. The van der Waals surface area contributed by atoms with Gasteiger partial charge in [-0.2, -0.15) is 0 Å². The lowest BCUT2D eigenvalue weighted by atomic mass is 9.93. The standard InChI is InChI=1S/C22H25F2N3.C4H6O6/c1-25-9-11-27(12-10-25)18-4-6-19-16(13-18)15-26(2)8-7-20(19)21-5-3-17(23)14-22(21)24;5-1(3(7)8)2(6)4(9)10/h3-7,13-14H,8-12,15H2,1-2H3;1-2,5-6H,(H,7,8)(H,9,10)/t;1-,2-/m.1/s1. The predicted molar refractivity (Wildman–Crippen MR) is 133 cm³/mol. The molecule has 11 heteroatoms. The number of piperazine rings is 1. The fraction of sp³-hybridized carbons (Fsp3) is 0.385. The number of benzene rings is 2. The molecule has 4 N–H and O–H groups in total. The molecule has 1 saturated heterocycles. The highest BCUT2D eigenvalue weighted by Gasteiger charge is 2.29. The van der Waals surface area contributed by atoms with Crippen molar-refractivity contribution in [1.29, 1.82) is 0 Å². The van der Waals surface area contributed by atoms with E-state index in [9.17, 15) is 18.4 Å². The zero-order valence-electron chi connectivity index (χ0n) is 20.6. The van der Waals surface area contributed by atoms with E-state index >= 15 is 0 Å². The van der Waals surface area contributed by atoms with E-state index in [-0.39, 0.29) is 0 Å². The Labute approximate surface area is 213 Å². The van der Waals surface area contributed by atoms with E-state index < -0.39 is 35.8 Å². The molecule has 0 unspecified atom stereocenters. The van der Waals surface area contributed by atoms with Crippen LogP contribution in [0.15, 0.2) is 42.5 Å². The molecule has 2 aromatic carbocycles. The number of hydrogen-bond donors (Lipinski definition) is 4. The summed E-state index contributed by atoms with van der Waals surface area (Å²) in [6.07, 6.45) is -2.49. The molecular weight excluding hydrogens is 488 g/mol. The fourth-order valence-electron chi connectivity index (χ4n) is 4.18. The Morgan fingerprint density at radius 2 is 1.43 bits per heavy atom. The first-order valence-corrected chi connectivity index (χ1v) is 11.7. The van der Waals surface area contributed by atoms with Crippen LogP contribution in [0.5, 0.6) is 0 Å². The topological polar surface area (TPSA) is 125 Å². The molecule has 2 aliphatic rings. The SMILES string of the molecule is CN1CCN(c2ccc3c(c2)CN(C)CC=C3c2ccc(F)cc2F)CC1.O=C(O)[C@H](O)[C@@H](O)C(=O)O. The number of carboxylic acid groups (broad SMARTS) is 2. The first-order valence-electron chi connectivity index (χ1n) is 11.7. The first kappa shape index (κ1) is 28.2. The normalized spacial score (nSPS) is 18.0. The molecule has 1 fully saturated rings. The van der Waals surface area contributed by atoms with Gasteiger partial charge in [-0.15, -0.1) is 0 Å². The van der Waals surface area contributed by atoms with Crippen molar-refractivity contribution in [2.75, 3.05) is 51.7 Å². The Balaban J connectivity index is 0.000000325. The van der Waals surface area contributed by atoms with Crippen LogP contribution >= 0.6 is 0 Å². The Morgan fingerprint density at radius 3 is 2.00 bits per heavy atom. The van der Waals surface area contributed by atoms with Gasteiger partial charge in [-0.3, -0.25) is 4.90 Å². The third-order valence-electron chi connectivity index (χ3n) is 6.32. The highest BCUT2D eigenvalue weighted by molar-refractivity contribution is 5.83. The van der Waals surface area contributed by atoms with Gasteiger partial charge in [0.05, 0.1) is 0 Å². The Morgan fingerprint density at radius 1 is 0.838 bits per heavy atom. The van der Waals surface area contributed by atoms with Crippen LogP contribution in [0.25, 0.3) is 5.57 Å². The summed E-state index contributed by atoms with van der Waals surface area (Å²) in [5, 5.41) is 32.5. The minimum atomic E-state index is -2.27. The summed E-state index contributed by atoms with van der Waals surface area (Å²) in [6.45, 7) is 5.68. The average Bonchev–Trinajstić information content (AvgIpc) is 3.01. The van der Waals surface area contributed by atoms with Gasteiger partial charge in [0.2, 0.25) is 0 Å². The van der Waals surface area contributed by atoms with Crippen molar-refractivity contribution in [2.24, 2.45) is 0 Å². The van der Waals surface area contributed by atoms with Crippen molar-refractivity contribution >= 4 is 23.2 Å². The molecular formula is C26H31F2N3O6. The summed E-state index contributed by atoms with van der Waals surface area (Å²) in [5.41, 5.74) is 4.73. The van der Waals surface area contributed by atoms with Gasteiger partial charge < -0.3 is 30.2 Å². The molecule has 2 aromatic rings. The van der Waals surface area contributed by atoms with E-state index in [0.717, 1.165) is 56.5 Å². The van der Waals surface area contributed by atoms with Crippen LogP contribution < -0.4 is 4.90 Å². The summed E-state index contributed by atoms with van der Waals surface area (Å²) in [4.78, 5) is 26.5. The zero-order valence-corrected chi connectivity index (χ0v) is 20.6. The molecule has 0 radical (unpaired) electrons. The molecule has 2 heterocycles. The van der Waals surface area contributed by atoms with Crippen LogP contribution in [0.3, 0.4) is 0 Å². The van der Waals surface area contributed by atoms with Crippen molar-refractivity contribution in [3.8, 4) is 0 Å². The van der Waals surface area contributed by atoms with E-state index in [1.54, 1.807) is 6.07 Å². The van der Waals surface area contributed by atoms with E-state index in [1.165, 1.54) is 17.3 Å². The summed E-state index contributed by atoms with van der Waals surface area (Å²) in [7, 11) is 4.21. The van der Waals surface area contributed by atoms with Crippen LogP contribution in [0.4, 0.5) is 14.5 Å². The lowest BCUT2D eigenvalue weighted by Gasteiger charge is -2.34. The number of aliphatic hydroxyl groups is 2. The number of nitrogens with zero attached hydrogens (tertiary/aromatic N) is 3. The van der Waals surface area contributed by atoms with Crippen LogP contribution in [0, 0.1) is 11.6 Å². The number of halogens is 2. The maximum absolute atomic E-state index is 14.5. The molecule has 9 nitrogen and oxygen atoms in total. The number of rotatable bonds is 5. The highest BCUT2D eigenvalue weighted by Crippen LogP contribution is 2.33. The van der Waals surface area contributed by atoms with Crippen molar-refractivity contribution in [3.05, 3.63) is 70.8 Å². The Bertz CT molecular complexity index is 1150. The van der Waals surface area contributed by atoms with E-state index in [1.807, 2.05) is 6.08 Å². The number of likely N-dealkylation sites (N-methyl/N-ethyl adjacent to an activating group) is 2. The zero-order chi connectivity index (χ0) is 27.3. The van der Waals surface area contributed by atoms with Crippen LogP contribution in [0.2, 0.25) is 0 Å². The third-order valence-corrected chi connectivity index (χ3v) is 6.32. The molecule has 0 spiro atoms. The van der Waals surface area contributed by atoms with E-state index in [4.69, 9.17) is 20.4 Å². The summed E-state index contributed by atoms with van der Waals surface area (Å²) < 4.78 is 27.8. The van der Waals surface area contributed by atoms with Crippen molar-refractivity contribution in [1.82, 2.24) is 9.80 Å². The van der Waals surface area contributed by atoms with Gasteiger partial charge in [0, 0.05) is 56.6 Å². The molecule has 0 amide bonds. The fourth-order valence-corrected chi connectivity index (χ4v) is 4.18. The van der Waals surface area contributed by atoms with Crippen LogP contribution in [-0.2, 0) is 16.1 Å². The molecule has 0 saturated carbocycles. The van der Waals surface area contributed by atoms with Gasteiger partial charge in [0.25, 0.3) is 0 Å². The molecule has 200 valence electrons. The second-order valence-corrected chi connectivity index (χ2v) is 9.14. The largest absolute Gasteiger partial charge is 0.479 e. The molecule has 4 rings (SSSR count). The van der Waals surface area contributed by atoms with Gasteiger partial charge >= 0.3 is 11.9 Å². The van der Waals surface area contributed by atoms with Crippen molar-refractivity contribution in [3.63, 3.8) is 0 Å². The number of carbonyl (C=O) groups is 2. The van der Waals surface area contributed by atoms with Gasteiger partial charge in [-0.25, -0.2) is 18.4 Å². The van der Waals surface area contributed by atoms with Crippen LogP contribution in [-0.4, -0.2) is 101 Å². The molecule has 2 aliphatic heterocycles. The second-order valence-electron chi connectivity index (χ2n) is 9.14. The minimum Gasteiger partial charge on any atom is -0.479 e. The van der Waals surface area contributed by atoms with Crippen molar-refractivity contribution in [2.45, 2.75) is 18.8 Å². The van der Waals surface area contributed by atoms with Gasteiger partial charge in [0.15, 0.2) is 12.2 Å². The number of aliphatic carboxylic acids is 2. The van der Waals surface area contributed by atoms with Crippen molar-refractivity contribution < 1.29 is 38.8 Å². The summed E-state index contributed by atoms with van der Waals surface area (Å²) in [5.74, 6) is -4.60. The summed E-state index contributed by atoms with van der Waals surface area (Å²) in [6, 6.07) is 10.3. The van der Waals surface area contributed by atoms with E-state index in [0.29, 0.717) is 5.56 Å². The molecule has 0 aromatic heterocycles. The predicted octanol–water partition coefficient (Wildman–Crippen LogP) is 1.47. The molecule has 2 atom stereocenters. The number of carboxylic acids is 2. The maximum atomic E-state index is 14.5. The Kier molecular flexibility index (Phi) is 9.33. The monoisotopic (exact) mass is 519 g/mol. The quantitative estimate of drug-likeness (QED) is 0.465. The van der Waals surface area contributed by atoms with Crippen LogP contribution in [0.1, 0.15) is 16.7 Å². The maximum Gasteiger partial charge on any atom is 0.335 e. The smallest absolute Gasteiger partial charge is 0.335 e. The first-order chi connectivity index (χ1) is 17.5. The minimum absolute atomic E-state index is 0.459. The van der Waals surface area contributed by atoms with Gasteiger partial charge in [-0.1, -0.05) is 12.1 Å². The molecule has 37 heavy (non-hydrogen) atoms. The second kappa shape index (κ2) is 12.2. The lowest BCUT2D eigenvalue weighted by molar-refractivity contribution is -0.165. The highest BCUT2D eigenvalue weighted by atomic mass is 19.1. The molecule has 0 bridgehead atoms. The molecule has 0 aliphatic carbocycles. The third kappa shape index (κ3) is 7.10.